The molecule has 0 spiro atoms. The summed E-state index contributed by atoms with van der Waals surface area (Å²) in [6.07, 6.45) is -10.5. The monoisotopic (exact) mass is 802 g/mol. The predicted molar refractivity (Wildman–Crippen MR) is 194 cm³/mol. The van der Waals surface area contributed by atoms with Crippen LogP contribution in [0.15, 0.2) is 11.6 Å². The molecule has 0 radical (unpaired) electrons. The zero-order valence-electron chi connectivity index (χ0n) is 33.1. The molecule has 3 aliphatic heterocycles. The minimum atomic E-state index is -1.78. The third-order valence-corrected chi connectivity index (χ3v) is 16.2. The van der Waals surface area contributed by atoms with Crippen LogP contribution in [0.4, 0.5) is 0 Å². The van der Waals surface area contributed by atoms with Gasteiger partial charge in [0.1, 0.15) is 54.4 Å². The van der Waals surface area contributed by atoms with Crippen LogP contribution in [-0.4, -0.2) is 167 Å². The van der Waals surface area contributed by atoms with Crippen LogP contribution in [0.25, 0.3) is 0 Å². The zero-order chi connectivity index (χ0) is 40.9. The summed E-state index contributed by atoms with van der Waals surface area (Å²) in [5.41, 5.74) is -2.70. The Morgan fingerprint density at radius 3 is 2.09 bits per heavy atom. The highest BCUT2D eigenvalue weighted by atomic mass is 16.7. The Kier molecular flexibility index (Phi) is 12.0. The molecule has 0 aromatic heterocycles. The number of rotatable bonds is 8. The summed E-state index contributed by atoms with van der Waals surface area (Å²) in [5, 5.41) is 117. The fourth-order valence-electron chi connectivity index (χ4n) is 12.2. The number of allylic oxidation sites excluding steroid dienone is 1. The van der Waals surface area contributed by atoms with Crippen molar-refractivity contribution < 1.29 is 79.9 Å². The van der Waals surface area contributed by atoms with Gasteiger partial charge in [0.25, 0.3) is 0 Å². The second-order valence-electron chi connectivity index (χ2n) is 19.1. The number of fused-ring (bicyclic) bond motifs is 5. The van der Waals surface area contributed by atoms with Gasteiger partial charge in [-0.3, -0.25) is 0 Å². The fraction of sp³-hybridized carbons (Fsp3) is 0.950. The highest BCUT2D eigenvalue weighted by Gasteiger charge is 2.63. The number of hydrogen-bond acceptors (Lipinski definition) is 16. The maximum Gasteiger partial charge on any atom is 0.186 e. The number of ether oxygens (including phenoxy) is 5. The number of aliphatic hydroxyl groups excluding tert-OH is 9. The summed E-state index contributed by atoms with van der Waals surface area (Å²) < 4.78 is 29.1. The molecule has 6 fully saturated rings. The number of hydrogen-bond donors (Lipinski definition) is 11. The topological polar surface area (TPSA) is 269 Å². The van der Waals surface area contributed by atoms with Gasteiger partial charge in [0.05, 0.1) is 37.1 Å². The van der Waals surface area contributed by atoms with Crippen molar-refractivity contribution in [2.45, 2.75) is 183 Å². The summed E-state index contributed by atoms with van der Waals surface area (Å²) in [6.45, 7) is 8.51. The van der Waals surface area contributed by atoms with E-state index in [1.807, 2.05) is 0 Å². The summed E-state index contributed by atoms with van der Waals surface area (Å²) >= 11 is 0. The van der Waals surface area contributed by atoms with Crippen molar-refractivity contribution in [3.8, 4) is 0 Å². The molecule has 3 heterocycles. The lowest BCUT2D eigenvalue weighted by molar-refractivity contribution is -0.337. The van der Waals surface area contributed by atoms with Crippen molar-refractivity contribution in [2.24, 2.45) is 40.4 Å². The van der Waals surface area contributed by atoms with E-state index in [0.717, 1.165) is 37.7 Å². The highest BCUT2D eigenvalue weighted by molar-refractivity contribution is 5.28. The third-order valence-electron chi connectivity index (χ3n) is 16.2. The Bertz CT molecular complexity index is 1430. The van der Waals surface area contributed by atoms with Crippen LogP contribution in [0, 0.1) is 40.4 Å². The van der Waals surface area contributed by atoms with Crippen LogP contribution in [0.5, 0.6) is 0 Å². The van der Waals surface area contributed by atoms with E-state index in [4.69, 9.17) is 23.7 Å². The van der Waals surface area contributed by atoms with Crippen molar-refractivity contribution >= 4 is 0 Å². The van der Waals surface area contributed by atoms with Crippen molar-refractivity contribution in [3.05, 3.63) is 11.6 Å². The summed E-state index contributed by atoms with van der Waals surface area (Å²) in [6, 6.07) is 0. The molecular weight excluding hydrogens is 736 g/mol. The average Bonchev–Trinajstić information content (AvgIpc) is 3.50. The molecule has 4 aliphatic carbocycles. The summed E-state index contributed by atoms with van der Waals surface area (Å²) in [5.74, 6) is 1.31. The molecule has 7 aliphatic rings. The molecule has 0 aromatic rings. The lowest BCUT2D eigenvalue weighted by Crippen LogP contribution is -2.65. The molecular formula is C40H66O16. The first kappa shape index (κ1) is 43.2. The van der Waals surface area contributed by atoms with Crippen LogP contribution in [0.2, 0.25) is 0 Å². The summed E-state index contributed by atoms with van der Waals surface area (Å²) in [7, 11) is 0. The van der Waals surface area contributed by atoms with E-state index >= 15 is 0 Å². The minimum Gasteiger partial charge on any atom is -0.394 e. The quantitative estimate of drug-likeness (QED) is 0.129. The molecule has 16 nitrogen and oxygen atoms in total. The van der Waals surface area contributed by atoms with Gasteiger partial charge in [-0.1, -0.05) is 32.4 Å². The van der Waals surface area contributed by atoms with E-state index in [0.29, 0.717) is 24.2 Å². The predicted octanol–water partition coefficient (Wildman–Crippen LogP) is -1.21. The van der Waals surface area contributed by atoms with E-state index in [2.05, 4.69) is 26.8 Å². The van der Waals surface area contributed by atoms with E-state index in [1.54, 1.807) is 6.92 Å². The highest BCUT2D eigenvalue weighted by Crippen LogP contribution is 2.68. The Morgan fingerprint density at radius 1 is 0.786 bits per heavy atom. The van der Waals surface area contributed by atoms with Crippen molar-refractivity contribution in [1.82, 2.24) is 0 Å². The third kappa shape index (κ3) is 6.94. The van der Waals surface area contributed by atoms with Gasteiger partial charge in [-0.05, 0) is 87.4 Å². The Morgan fingerprint density at radius 2 is 1.43 bits per heavy atom. The van der Waals surface area contributed by atoms with Gasteiger partial charge in [0, 0.05) is 18.3 Å². The second-order valence-corrected chi connectivity index (χ2v) is 19.1. The van der Waals surface area contributed by atoms with E-state index in [-0.39, 0.29) is 30.1 Å². The standard InChI is InChI=1S/C40H66O16/c1-17(24-14-38(3,50)40(5,51)36(49)56-24)21-8-9-22-20-7-6-18-12-19(13-27(42)39(18,4)23(20)10-11-37(21,22)2)53-35-33(48)31(46)29(44)26(55-35)16-52-34-32(47)30(45)28(43)25(15-41)54-34/h6,17,19-36,41-51H,7-16H2,1-5H3/t17-,19+,20-,21+,22-,23-,24+,25+,26+,27-,28+,29+,30-,31-,32+,33+,34+,35+,36+,37+,38+,39-,40+/m0/s1. The molecule has 0 bridgehead atoms. The largest absolute Gasteiger partial charge is 0.394 e. The van der Waals surface area contributed by atoms with Crippen LogP contribution in [-0.2, 0) is 23.7 Å². The van der Waals surface area contributed by atoms with Gasteiger partial charge in [-0.25, -0.2) is 0 Å². The van der Waals surface area contributed by atoms with Gasteiger partial charge in [-0.2, -0.15) is 0 Å². The van der Waals surface area contributed by atoms with Gasteiger partial charge in [0.15, 0.2) is 18.9 Å². The lowest BCUT2D eigenvalue weighted by atomic mass is 9.46. The van der Waals surface area contributed by atoms with Crippen LogP contribution >= 0.6 is 0 Å². The molecule has 7 rings (SSSR count). The average molecular weight is 803 g/mol. The normalized spacial score (nSPS) is 56.8. The van der Waals surface area contributed by atoms with Crippen molar-refractivity contribution in [1.29, 1.82) is 0 Å². The fourth-order valence-corrected chi connectivity index (χ4v) is 12.2. The Balaban J connectivity index is 1.00. The Hall–Kier alpha value is -0.900. The maximum atomic E-state index is 12.0. The molecule has 11 N–H and O–H groups in total. The SMILES string of the molecule is C[C@@H]([C@H]1CC[C@H]2[C@@H]3CC=C4C[C@@H](O[C@@H]5O[C@H](CO[C@@H]6O[C@H](CO)[C@@H](O)[C@H](O)[C@H]6O)[C@@H](O)[C@H](O)[C@H]5O)C[C@H](O)[C@]4(C)[C@H]3CC[C@]12C)[C@H]1C[C@@](C)(O)[C@](C)(O)[C@H](O)O1. The van der Waals surface area contributed by atoms with Crippen molar-refractivity contribution in [3.63, 3.8) is 0 Å². The van der Waals surface area contributed by atoms with Crippen LogP contribution in [0.1, 0.15) is 86.0 Å². The zero-order valence-corrected chi connectivity index (χ0v) is 33.1. The van der Waals surface area contributed by atoms with Gasteiger partial charge in [0.2, 0.25) is 0 Å². The minimum absolute atomic E-state index is 0.00337. The van der Waals surface area contributed by atoms with Crippen LogP contribution in [0.3, 0.4) is 0 Å². The summed E-state index contributed by atoms with van der Waals surface area (Å²) in [4.78, 5) is 0. The smallest absolute Gasteiger partial charge is 0.186 e. The second kappa shape index (κ2) is 15.5. The molecule has 23 atom stereocenters. The lowest BCUT2D eigenvalue weighted by Gasteiger charge is -2.60. The van der Waals surface area contributed by atoms with Crippen molar-refractivity contribution in [2.75, 3.05) is 13.2 Å². The molecule has 3 saturated heterocycles. The molecule has 56 heavy (non-hydrogen) atoms. The maximum absolute atomic E-state index is 12.0. The Labute approximate surface area is 328 Å². The first-order chi connectivity index (χ1) is 26.2. The first-order valence-electron chi connectivity index (χ1n) is 20.6. The van der Waals surface area contributed by atoms with Gasteiger partial charge in [-0.15, -0.1) is 0 Å². The number of aliphatic hydroxyl groups is 11. The molecule has 0 aromatic carbocycles. The first-order valence-corrected chi connectivity index (χ1v) is 20.6. The molecule has 0 amide bonds. The van der Waals surface area contributed by atoms with E-state index < -0.39 is 116 Å². The van der Waals surface area contributed by atoms with Crippen LogP contribution < -0.4 is 0 Å². The molecule has 16 heteroatoms. The molecule has 322 valence electrons. The molecule has 0 unspecified atom stereocenters. The van der Waals surface area contributed by atoms with Gasteiger partial charge >= 0.3 is 0 Å². The van der Waals surface area contributed by atoms with E-state index in [1.165, 1.54) is 6.92 Å². The van der Waals surface area contributed by atoms with Gasteiger partial charge < -0.3 is 79.9 Å². The van der Waals surface area contributed by atoms with E-state index in [9.17, 15) is 56.2 Å². The molecule has 3 saturated carbocycles.